The molecule has 8 nitrogen and oxygen atoms in total. The molecule has 3 heterocycles. The average Bonchev–Trinajstić information content (AvgIpc) is 3.13. The number of aromatic nitrogens is 2. The van der Waals surface area contributed by atoms with Gasteiger partial charge in [0.05, 0.1) is 19.4 Å². The van der Waals surface area contributed by atoms with E-state index >= 15 is 0 Å². The minimum absolute atomic E-state index is 0.256. The topological polar surface area (TPSA) is 83.7 Å². The van der Waals surface area contributed by atoms with Crippen LogP contribution in [0.2, 0.25) is 0 Å². The molecule has 1 aliphatic heterocycles. The van der Waals surface area contributed by atoms with Crippen LogP contribution in [-0.4, -0.2) is 53.7 Å². The van der Waals surface area contributed by atoms with E-state index in [1.807, 2.05) is 32.0 Å². The molecule has 1 saturated heterocycles. The number of hydrogen-bond donors (Lipinski definition) is 1. The van der Waals surface area contributed by atoms with Gasteiger partial charge >= 0.3 is 6.09 Å². The summed E-state index contributed by atoms with van der Waals surface area (Å²) in [5.74, 6) is 2.28. The summed E-state index contributed by atoms with van der Waals surface area (Å²) in [5.41, 5.74) is 0.889. The van der Waals surface area contributed by atoms with Crippen LogP contribution in [0.1, 0.15) is 18.4 Å². The molecule has 0 atom stereocenters. The number of anilines is 2. The van der Waals surface area contributed by atoms with Crippen molar-refractivity contribution in [2.24, 2.45) is 0 Å². The van der Waals surface area contributed by atoms with Crippen molar-refractivity contribution in [1.82, 2.24) is 14.9 Å². The van der Waals surface area contributed by atoms with Gasteiger partial charge in [0.25, 0.3) is 0 Å². The van der Waals surface area contributed by atoms with E-state index in [2.05, 4.69) is 20.2 Å². The Morgan fingerprint density at radius 3 is 2.80 bits per heavy atom. The number of nitrogens with one attached hydrogen (secondary N) is 1. The molecule has 1 amide bonds. The van der Waals surface area contributed by atoms with Crippen molar-refractivity contribution in [3.05, 3.63) is 35.9 Å². The SMILES string of the molecule is CCOC(=O)N1CCN(c2nc(C)cc(NCc3ccco3)n2)CC1. The zero-order valence-electron chi connectivity index (χ0n) is 14.6. The Balaban J connectivity index is 1.61. The van der Waals surface area contributed by atoms with Gasteiger partial charge < -0.3 is 24.3 Å². The lowest BCUT2D eigenvalue weighted by Gasteiger charge is -2.34. The summed E-state index contributed by atoms with van der Waals surface area (Å²) in [6.45, 7) is 7.28. The van der Waals surface area contributed by atoms with Crippen molar-refractivity contribution in [2.75, 3.05) is 43.0 Å². The molecule has 1 N–H and O–H groups in total. The van der Waals surface area contributed by atoms with Crippen LogP contribution in [0.25, 0.3) is 0 Å². The first kappa shape index (κ1) is 17.1. The molecule has 2 aromatic heterocycles. The van der Waals surface area contributed by atoms with Crippen molar-refractivity contribution >= 4 is 17.9 Å². The molecule has 0 bridgehead atoms. The third-order valence-corrected chi connectivity index (χ3v) is 3.95. The van der Waals surface area contributed by atoms with E-state index in [0.29, 0.717) is 45.3 Å². The first-order valence-corrected chi connectivity index (χ1v) is 8.44. The van der Waals surface area contributed by atoms with Gasteiger partial charge in [-0.2, -0.15) is 4.98 Å². The summed E-state index contributed by atoms with van der Waals surface area (Å²) >= 11 is 0. The van der Waals surface area contributed by atoms with Gasteiger partial charge in [-0.15, -0.1) is 0 Å². The largest absolute Gasteiger partial charge is 0.467 e. The molecule has 25 heavy (non-hydrogen) atoms. The van der Waals surface area contributed by atoms with E-state index in [4.69, 9.17) is 9.15 Å². The second kappa shape index (κ2) is 7.87. The molecule has 1 fully saturated rings. The Labute approximate surface area is 146 Å². The molecule has 1 aliphatic rings. The number of rotatable bonds is 5. The number of furan rings is 1. The summed E-state index contributed by atoms with van der Waals surface area (Å²) in [6, 6.07) is 5.68. The number of ether oxygens (including phenoxy) is 1. The van der Waals surface area contributed by atoms with Crippen LogP contribution in [0.15, 0.2) is 28.9 Å². The van der Waals surface area contributed by atoms with Crippen molar-refractivity contribution in [3.63, 3.8) is 0 Å². The van der Waals surface area contributed by atoms with E-state index < -0.39 is 0 Å². The highest BCUT2D eigenvalue weighted by atomic mass is 16.6. The monoisotopic (exact) mass is 345 g/mol. The minimum atomic E-state index is -0.256. The smallest absolute Gasteiger partial charge is 0.409 e. The minimum Gasteiger partial charge on any atom is -0.467 e. The molecule has 2 aromatic rings. The summed E-state index contributed by atoms with van der Waals surface area (Å²) in [5, 5.41) is 3.26. The third kappa shape index (κ3) is 4.40. The first-order chi connectivity index (χ1) is 12.2. The van der Waals surface area contributed by atoms with Crippen LogP contribution in [0.4, 0.5) is 16.6 Å². The van der Waals surface area contributed by atoms with Crippen LogP contribution in [0.3, 0.4) is 0 Å². The lowest BCUT2D eigenvalue weighted by atomic mass is 10.3. The van der Waals surface area contributed by atoms with Crippen LogP contribution in [0.5, 0.6) is 0 Å². The summed E-state index contributed by atoms with van der Waals surface area (Å²) in [7, 11) is 0. The van der Waals surface area contributed by atoms with Crippen LogP contribution in [0, 0.1) is 6.92 Å². The van der Waals surface area contributed by atoms with Gasteiger partial charge in [-0.25, -0.2) is 9.78 Å². The highest BCUT2D eigenvalue weighted by Crippen LogP contribution is 2.17. The Kier molecular flexibility index (Phi) is 5.37. The van der Waals surface area contributed by atoms with Crippen molar-refractivity contribution in [3.8, 4) is 0 Å². The molecule has 0 unspecified atom stereocenters. The van der Waals surface area contributed by atoms with Crippen LogP contribution < -0.4 is 10.2 Å². The molecule has 0 spiro atoms. The highest BCUT2D eigenvalue weighted by molar-refractivity contribution is 5.68. The summed E-state index contributed by atoms with van der Waals surface area (Å²) < 4.78 is 10.4. The van der Waals surface area contributed by atoms with Crippen molar-refractivity contribution in [1.29, 1.82) is 0 Å². The maximum absolute atomic E-state index is 11.8. The lowest BCUT2D eigenvalue weighted by molar-refractivity contribution is 0.105. The van der Waals surface area contributed by atoms with Crippen LogP contribution in [-0.2, 0) is 11.3 Å². The average molecular weight is 345 g/mol. The number of piperazine rings is 1. The van der Waals surface area contributed by atoms with Crippen molar-refractivity contribution in [2.45, 2.75) is 20.4 Å². The molecule has 0 aromatic carbocycles. The Hall–Kier alpha value is -2.77. The molecule has 0 radical (unpaired) electrons. The Morgan fingerprint density at radius 1 is 1.32 bits per heavy atom. The van der Waals surface area contributed by atoms with E-state index in [1.54, 1.807) is 11.2 Å². The van der Waals surface area contributed by atoms with Gasteiger partial charge in [0.15, 0.2) is 0 Å². The molecular weight excluding hydrogens is 322 g/mol. The normalized spacial score (nSPS) is 14.5. The number of hydrogen-bond acceptors (Lipinski definition) is 7. The Morgan fingerprint density at radius 2 is 2.12 bits per heavy atom. The second-order valence-electron chi connectivity index (χ2n) is 5.80. The fraction of sp³-hybridized carbons (Fsp3) is 0.471. The first-order valence-electron chi connectivity index (χ1n) is 8.44. The number of carbonyl (C=O) groups is 1. The quantitative estimate of drug-likeness (QED) is 0.890. The predicted octanol–water partition coefficient (Wildman–Crippen LogP) is 2.27. The number of amides is 1. The number of nitrogens with zero attached hydrogens (tertiary/aromatic N) is 4. The van der Waals surface area contributed by atoms with Gasteiger partial charge in [-0.05, 0) is 26.0 Å². The van der Waals surface area contributed by atoms with Crippen LogP contribution >= 0.6 is 0 Å². The fourth-order valence-corrected chi connectivity index (χ4v) is 2.68. The number of carbonyl (C=O) groups excluding carboxylic acids is 1. The predicted molar refractivity (Wildman–Crippen MR) is 93.6 cm³/mol. The lowest BCUT2D eigenvalue weighted by Crippen LogP contribution is -2.49. The van der Waals surface area contributed by atoms with E-state index in [9.17, 15) is 4.79 Å². The third-order valence-electron chi connectivity index (χ3n) is 3.95. The molecule has 134 valence electrons. The van der Waals surface area contributed by atoms with Crippen molar-refractivity contribution < 1.29 is 13.9 Å². The molecule has 0 aliphatic carbocycles. The molecular formula is C17H23N5O3. The van der Waals surface area contributed by atoms with Gasteiger partial charge in [-0.1, -0.05) is 0 Å². The van der Waals surface area contributed by atoms with Gasteiger partial charge in [0.1, 0.15) is 11.6 Å². The zero-order chi connectivity index (χ0) is 17.6. The van der Waals surface area contributed by atoms with E-state index in [-0.39, 0.29) is 6.09 Å². The molecule has 0 saturated carbocycles. The van der Waals surface area contributed by atoms with Gasteiger partial charge in [-0.3, -0.25) is 0 Å². The summed E-state index contributed by atoms with van der Waals surface area (Å²) in [4.78, 5) is 24.7. The highest BCUT2D eigenvalue weighted by Gasteiger charge is 2.23. The molecule has 3 rings (SSSR count). The zero-order valence-corrected chi connectivity index (χ0v) is 14.6. The number of aryl methyl sites for hydroxylation is 1. The maximum atomic E-state index is 11.8. The summed E-state index contributed by atoms with van der Waals surface area (Å²) in [6.07, 6.45) is 1.39. The van der Waals surface area contributed by atoms with E-state index in [1.165, 1.54) is 0 Å². The second-order valence-corrected chi connectivity index (χ2v) is 5.80. The van der Waals surface area contributed by atoms with Gasteiger partial charge in [0, 0.05) is 37.9 Å². The van der Waals surface area contributed by atoms with Gasteiger partial charge in [0.2, 0.25) is 5.95 Å². The van der Waals surface area contributed by atoms with E-state index in [0.717, 1.165) is 17.3 Å². The molecule has 8 heteroatoms. The fourth-order valence-electron chi connectivity index (χ4n) is 2.68. The Bertz CT molecular complexity index is 696. The maximum Gasteiger partial charge on any atom is 0.409 e. The standard InChI is InChI=1S/C17H23N5O3/c1-3-24-17(23)22-8-6-21(7-9-22)16-19-13(2)11-15(20-16)18-12-14-5-4-10-25-14/h4-5,10-11H,3,6-9,12H2,1-2H3,(H,18,19,20).